The third kappa shape index (κ3) is 2.96. The third-order valence-electron chi connectivity index (χ3n) is 2.96. The van der Waals surface area contributed by atoms with E-state index in [1.165, 1.54) is 19.2 Å². The Morgan fingerprint density at radius 3 is 2.53 bits per heavy atom. The molecule has 0 heterocycles. The van der Waals surface area contributed by atoms with Crippen LogP contribution in [0.5, 0.6) is 0 Å². The summed E-state index contributed by atoms with van der Waals surface area (Å²) in [6, 6.07) is 8.07. The molecule has 0 spiro atoms. The predicted octanol–water partition coefficient (Wildman–Crippen LogP) is 1.58. The van der Waals surface area contributed by atoms with Gasteiger partial charge < -0.3 is 4.74 Å². The molecule has 1 N–H and O–H groups in total. The van der Waals surface area contributed by atoms with E-state index in [1.54, 1.807) is 18.2 Å². The van der Waals surface area contributed by atoms with E-state index in [2.05, 4.69) is 9.46 Å². The Bertz CT molecular complexity index is 605. The molecular formula is C13H15NO4S. The molecule has 1 aliphatic rings. The van der Waals surface area contributed by atoms with Crippen molar-refractivity contribution in [2.24, 2.45) is 0 Å². The number of carbonyl (C=O) groups is 1. The summed E-state index contributed by atoms with van der Waals surface area (Å²) in [5, 5.41) is 0. The molecule has 0 saturated carbocycles. The number of carbonyl (C=O) groups excluding carboxylic acids is 1. The summed E-state index contributed by atoms with van der Waals surface area (Å²) in [6.07, 6.45) is 1.83. The number of nitrogens with one attached hydrogen (secondary N) is 1. The molecule has 0 fully saturated rings. The molecule has 6 heteroatoms. The SMILES string of the molecule is COC(=O)C1=C(NS(=O)(=O)c2ccccc2)CCC1. The van der Waals surface area contributed by atoms with Crippen molar-refractivity contribution in [3.8, 4) is 0 Å². The maximum absolute atomic E-state index is 12.1. The van der Waals surface area contributed by atoms with Gasteiger partial charge in [0.2, 0.25) is 0 Å². The van der Waals surface area contributed by atoms with E-state index in [4.69, 9.17) is 0 Å². The Balaban J connectivity index is 2.28. The highest BCUT2D eigenvalue weighted by molar-refractivity contribution is 7.89. The monoisotopic (exact) mass is 281 g/mol. The molecular weight excluding hydrogens is 266 g/mol. The van der Waals surface area contributed by atoms with Crippen LogP contribution >= 0.6 is 0 Å². The Morgan fingerprint density at radius 1 is 1.21 bits per heavy atom. The van der Waals surface area contributed by atoms with Crippen LogP contribution in [0.15, 0.2) is 46.5 Å². The first-order chi connectivity index (χ1) is 9.04. The van der Waals surface area contributed by atoms with Crippen molar-refractivity contribution < 1.29 is 17.9 Å². The molecule has 1 aromatic rings. The van der Waals surface area contributed by atoms with Crippen molar-refractivity contribution in [2.75, 3.05) is 7.11 Å². The van der Waals surface area contributed by atoms with E-state index in [-0.39, 0.29) is 4.90 Å². The van der Waals surface area contributed by atoms with Gasteiger partial charge in [0.25, 0.3) is 10.0 Å². The first-order valence-corrected chi connectivity index (χ1v) is 7.41. The van der Waals surface area contributed by atoms with Crippen molar-refractivity contribution in [2.45, 2.75) is 24.2 Å². The van der Waals surface area contributed by atoms with Gasteiger partial charge in [-0.25, -0.2) is 13.2 Å². The molecule has 1 aromatic carbocycles. The highest BCUT2D eigenvalue weighted by atomic mass is 32.2. The number of allylic oxidation sites excluding steroid dienone is 1. The average Bonchev–Trinajstić information content (AvgIpc) is 2.86. The summed E-state index contributed by atoms with van der Waals surface area (Å²) < 4.78 is 31.4. The minimum atomic E-state index is -3.63. The van der Waals surface area contributed by atoms with Gasteiger partial charge in [-0.1, -0.05) is 18.2 Å². The number of rotatable bonds is 4. The highest BCUT2D eigenvalue weighted by Gasteiger charge is 2.25. The summed E-state index contributed by atoms with van der Waals surface area (Å²) in [7, 11) is -2.35. The molecule has 2 rings (SSSR count). The fourth-order valence-electron chi connectivity index (χ4n) is 2.03. The fraction of sp³-hybridized carbons (Fsp3) is 0.308. The number of benzene rings is 1. The number of sulfonamides is 1. The Morgan fingerprint density at radius 2 is 1.89 bits per heavy atom. The Kier molecular flexibility index (Phi) is 3.90. The maximum atomic E-state index is 12.1. The predicted molar refractivity (Wildman–Crippen MR) is 69.7 cm³/mol. The number of ether oxygens (including phenoxy) is 1. The van der Waals surface area contributed by atoms with Gasteiger partial charge in [-0.3, -0.25) is 4.72 Å². The maximum Gasteiger partial charge on any atom is 0.335 e. The van der Waals surface area contributed by atoms with E-state index < -0.39 is 16.0 Å². The molecule has 0 amide bonds. The van der Waals surface area contributed by atoms with Gasteiger partial charge in [-0.15, -0.1) is 0 Å². The van der Waals surface area contributed by atoms with Crippen LogP contribution in [0, 0.1) is 0 Å². The first-order valence-electron chi connectivity index (χ1n) is 5.93. The minimum absolute atomic E-state index is 0.179. The summed E-state index contributed by atoms with van der Waals surface area (Å²) in [5.41, 5.74) is 0.859. The lowest BCUT2D eigenvalue weighted by Gasteiger charge is -2.10. The zero-order valence-electron chi connectivity index (χ0n) is 10.5. The number of methoxy groups -OCH3 is 1. The second-order valence-electron chi connectivity index (χ2n) is 4.22. The van der Waals surface area contributed by atoms with Gasteiger partial charge in [0.1, 0.15) is 0 Å². The highest BCUT2D eigenvalue weighted by Crippen LogP contribution is 2.26. The van der Waals surface area contributed by atoms with Gasteiger partial charge in [0.05, 0.1) is 17.6 Å². The summed E-state index contributed by atoms with van der Waals surface area (Å²) in [6.45, 7) is 0. The topological polar surface area (TPSA) is 72.5 Å². The van der Waals surface area contributed by atoms with Crippen LogP contribution in [-0.2, 0) is 19.6 Å². The standard InChI is InChI=1S/C13H15NO4S/c1-18-13(15)11-8-5-9-12(11)14-19(16,17)10-6-3-2-4-7-10/h2-4,6-7,14H,5,8-9H2,1H3. The van der Waals surface area contributed by atoms with E-state index in [0.717, 1.165) is 6.42 Å². The quantitative estimate of drug-likeness (QED) is 0.850. The molecule has 19 heavy (non-hydrogen) atoms. The normalized spacial score (nSPS) is 15.4. The molecule has 1 aliphatic carbocycles. The summed E-state index contributed by atoms with van der Waals surface area (Å²) in [4.78, 5) is 11.7. The van der Waals surface area contributed by atoms with Gasteiger partial charge in [0, 0.05) is 5.70 Å². The van der Waals surface area contributed by atoms with Crippen LogP contribution in [0.4, 0.5) is 0 Å². The van der Waals surface area contributed by atoms with Crippen LogP contribution in [0.1, 0.15) is 19.3 Å². The molecule has 0 bridgehead atoms. The molecule has 102 valence electrons. The van der Waals surface area contributed by atoms with Crippen molar-refractivity contribution in [3.05, 3.63) is 41.6 Å². The fourth-order valence-corrected chi connectivity index (χ4v) is 3.21. The number of esters is 1. The molecule has 0 aromatic heterocycles. The van der Waals surface area contributed by atoms with Gasteiger partial charge >= 0.3 is 5.97 Å². The van der Waals surface area contributed by atoms with E-state index in [0.29, 0.717) is 24.1 Å². The lowest BCUT2D eigenvalue weighted by Crippen LogP contribution is -2.24. The second kappa shape index (κ2) is 5.44. The van der Waals surface area contributed by atoms with Crippen LogP contribution in [0.3, 0.4) is 0 Å². The van der Waals surface area contributed by atoms with Crippen LogP contribution in [0.2, 0.25) is 0 Å². The van der Waals surface area contributed by atoms with Crippen molar-refractivity contribution in [1.82, 2.24) is 4.72 Å². The smallest absolute Gasteiger partial charge is 0.335 e. The second-order valence-corrected chi connectivity index (χ2v) is 5.90. The zero-order valence-corrected chi connectivity index (χ0v) is 11.4. The number of hydrogen-bond donors (Lipinski definition) is 1. The van der Waals surface area contributed by atoms with Gasteiger partial charge in [-0.2, -0.15) is 0 Å². The van der Waals surface area contributed by atoms with Crippen molar-refractivity contribution >= 4 is 16.0 Å². The molecule has 5 nitrogen and oxygen atoms in total. The van der Waals surface area contributed by atoms with Crippen LogP contribution in [-0.4, -0.2) is 21.5 Å². The number of hydrogen-bond acceptors (Lipinski definition) is 4. The molecule has 0 saturated heterocycles. The van der Waals surface area contributed by atoms with Crippen LogP contribution < -0.4 is 4.72 Å². The van der Waals surface area contributed by atoms with Crippen molar-refractivity contribution in [1.29, 1.82) is 0 Å². The minimum Gasteiger partial charge on any atom is -0.466 e. The molecule has 0 unspecified atom stereocenters. The van der Waals surface area contributed by atoms with E-state index in [9.17, 15) is 13.2 Å². The Hall–Kier alpha value is -1.82. The zero-order chi connectivity index (χ0) is 13.9. The van der Waals surface area contributed by atoms with Gasteiger partial charge in [-0.05, 0) is 31.4 Å². The average molecular weight is 281 g/mol. The third-order valence-corrected chi connectivity index (χ3v) is 4.37. The van der Waals surface area contributed by atoms with Gasteiger partial charge in [0.15, 0.2) is 0 Å². The lowest BCUT2D eigenvalue weighted by atomic mass is 10.2. The van der Waals surface area contributed by atoms with E-state index in [1.807, 2.05) is 0 Å². The molecule has 0 atom stereocenters. The lowest BCUT2D eigenvalue weighted by molar-refractivity contribution is -0.136. The Labute approximate surface area is 112 Å². The first kappa shape index (κ1) is 13.6. The molecule has 0 aliphatic heterocycles. The largest absolute Gasteiger partial charge is 0.466 e. The summed E-state index contributed by atoms with van der Waals surface area (Å²) >= 11 is 0. The van der Waals surface area contributed by atoms with Crippen molar-refractivity contribution in [3.63, 3.8) is 0 Å². The summed E-state index contributed by atoms with van der Waals surface area (Å²) in [5.74, 6) is -0.469. The molecule has 0 radical (unpaired) electrons. The van der Waals surface area contributed by atoms with Crippen LogP contribution in [0.25, 0.3) is 0 Å². The van der Waals surface area contributed by atoms with E-state index >= 15 is 0 Å².